The maximum atomic E-state index is 12.2. The molecule has 0 fully saturated rings. The SMILES string of the molecule is CCC(C=O)c1ccc(NC(=O)CC(C)CCc2ccccc2)cc1. The number of benzene rings is 2. The van der Waals surface area contributed by atoms with E-state index in [1.54, 1.807) is 0 Å². The van der Waals surface area contributed by atoms with Crippen LogP contribution >= 0.6 is 0 Å². The van der Waals surface area contributed by atoms with Crippen molar-refractivity contribution < 1.29 is 9.59 Å². The molecule has 0 spiro atoms. The van der Waals surface area contributed by atoms with Crippen LogP contribution in [0.1, 0.15) is 50.2 Å². The predicted octanol–water partition coefficient (Wildman–Crippen LogP) is 4.98. The Morgan fingerprint density at radius 2 is 1.76 bits per heavy atom. The van der Waals surface area contributed by atoms with Gasteiger partial charge in [-0.15, -0.1) is 0 Å². The Kier molecular flexibility index (Phi) is 7.39. The second kappa shape index (κ2) is 9.77. The van der Waals surface area contributed by atoms with Crippen LogP contribution < -0.4 is 5.32 Å². The van der Waals surface area contributed by atoms with Crippen molar-refractivity contribution in [2.45, 2.75) is 45.4 Å². The lowest BCUT2D eigenvalue weighted by Gasteiger charge is -2.13. The van der Waals surface area contributed by atoms with Gasteiger partial charge in [-0.2, -0.15) is 0 Å². The summed E-state index contributed by atoms with van der Waals surface area (Å²) in [6.07, 6.45) is 4.26. The first kappa shape index (κ1) is 18.9. The van der Waals surface area contributed by atoms with Gasteiger partial charge in [0.2, 0.25) is 5.91 Å². The number of hydrogen-bond donors (Lipinski definition) is 1. The Morgan fingerprint density at radius 1 is 1.08 bits per heavy atom. The number of aryl methyl sites for hydroxylation is 1. The molecule has 2 atom stereocenters. The summed E-state index contributed by atoms with van der Waals surface area (Å²) in [7, 11) is 0. The molecule has 2 aromatic rings. The van der Waals surface area contributed by atoms with Gasteiger partial charge in [-0.05, 0) is 48.4 Å². The standard InChI is InChI=1S/C22H27NO2/c1-3-19(16-24)20-11-13-21(14-12-20)23-22(25)15-17(2)9-10-18-7-5-4-6-8-18/h4-8,11-14,16-17,19H,3,9-10,15H2,1-2H3,(H,23,25). The van der Waals surface area contributed by atoms with Gasteiger partial charge in [-0.1, -0.05) is 56.3 Å². The largest absolute Gasteiger partial charge is 0.326 e. The number of hydrogen-bond acceptors (Lipinski definition) is 2. The summed E-state index contributed by atoms with van der Waals surface area (Å²) in [6.45, 7) is 4.10. The molecule has 132 valence electrons. The van der Waals surface area contributed by atoms with Crippen LogP contribution in [-0.4, -0.2) is 12.2 Å². The highest BCUT2D eigenvalue weighted by Crippen LogP contribution is 2.20. The maximum Gasteiger partial charge on any atom is 0.224 e. The van der Waals surface area contributed by atoms with Crippen LogP contribution in [0.5, 0.6) is 0 Å². The van der Waals surface area contributed by atoms with Crippen LogP contribution in [0.25, 0.3) is 0 Å². The summed E-state index contributed by atoms with van der Waals surface area (Å²) < 4.78 is 0. The van der Waals surface area contributed by atoms with E-state index in [1.807, 2.05) is 49.4 Å². The summed E-state index contributed by atoms with van der Waals surface area (Å²) in [5, 5.41) is 2.95. The zero-order chi connectivity index (χ0) is 18.1. The molecule has 0 heterocycles. The van der Waals surface area contributed by atoms with Crippen molar-refractivity contribution in [2.75, 3.05) is 5.32 Å². The van der Waals surface area contributed by atoms with Crippen molar-refractivity contribution in [2.24, 2.45) is 5.92 Å². The van der Waals surface area contributed by atoms with Crippen LogP contribution in [0, 0.1) is 5.92 Å². The highest BCUT2D eigenvalue weighted by molar-refractivity contribution is 5.90. The first-order valence-electron chi connectivity index (χ1n) is 9.01. The average molecular weight is 337 g/mol. The molecule has 3 nitrogen and oxygen atoms in total. The van der Waals surface area contributed by atoms with E-state index >= 15 is 0 Å². The molecule has 0 bridgehead atoms. The van der Waals surface area contributed by atoms with E-state index in [4.69, 9.17) is 0 Å². The molecule has 0 saturated heterocycles. The molecule has 0 aliphatic rings. The number of carbonyl (C=O) groups is 2. The molecule has 2 aromatic carbocycles. The van der Waals surface area contributed by atoms with E-state index in [1.165, 1.54) is 5.56 Å². The van der Waals surface area contributed by atoms with Crippen molar-refractivity contribution >= 4 is 17.9 Å². The zero-order valence-corrected chi connectivity index (χ0v) is 15.1. The van der Waals surface area contributed by atoms with Gasteiger partial charge in [0.1, 0.15) is 6.29 Å². The van der Waals surface area contributed by atoms with Crippen molar-refractivity contribution in [1.29, 1.82) is 0 Å². The minimum absolute atomic E-state index is 0.0377. The van der Waals surface area contributed by atoms with Crippen molar-refractivity contribution in [3.8, 4) is 0 Å². The second-order valence-corrected chi connectivity index (χ2v) is 6.65. The van der Waals surface area contributed by atoms with Gasteiger partial charge in [0.05, 0.1) is 0 Å². The summed E-state index contributed by atoms with van der Waals surface area (Å²) in [5.74, 6) is 0.303. The van der Waals surface area contributed by atoms with Crippen molar-refractivity contribution in [1.82, 2.24) is 0 Å². The van der Waals surface area contributed by atoms with Crippen molar-refractivity contribution in [3.63, 3.8) is 0 Å². The molecule has 0 radical (unpaired) electrons. The Balaban J connectivity index is 1.80. The van der Waals surface area contributed by atoms with E-state index in [0.717, 1.165) is 36.8 Å². The summed E-state index contributed by atoms with van der Waals surface area (Å²) in [6, 6.07) is 17.9. The van der Waals surface area contributed by atoms with E-state index in [-0.39, 0.29) is 11.8 Å². The highest BCUT2D eigenvalue weighted by atomic mass is 16.1. The quantitative estimate of drug-likeness (QED) is 0.656. The molecule has 3 heteroatoms. The summed E-state index contributed by atoms with van der Waals surface area (Å²) >= 11 is 0. The van der Waals surface area contributed by atoms with Gasteiger partial charge >= 0.3 is 0 Å². The smallest absolute Gasteiger partial charge is 0.224 e. The maximum absolute atomic E-state index is 12.2. The second-order valence-electron chi connectivity index (χ2n) is 6.65. The van der Waals surface area contributed by atoms with E-state index in [0.29, 0.717) is 12.3 Å². The molecule has 1 N–H and O–H groups in total. The molecule has 0 aromatic heterocycles. The number of rotatable bonds is 9. The molecule has 0 aliphatic carbocycles. The minimum Gasteiger partial charge on any atom is -0.326 e. The van der Waals surface area contributed by atoms with Gasteiger partial charge in [0.15, 0.2) is 0 Å². The van der Waals surface area contributed by atoms with Gasteiger partial charge in [-0.25, -0.2) is 0 Å². The van der Waals surface area contributed by atoms with E-state index < -0.39 is 0 Å². The Labute approximate surface area is 150 Å². The number of carbonyl (C=O) groups excluding carboxylic acids is 2. The monoisotopic (exact) mass is 337 g/mol. The lowest BCUT2D eigenvalue weighted by Crippen LogP contribution is -2.15. The van der Waals surface area contributed by atoms with Gasteiger partial charge in [0.25, 0.3) is 0 Å². The normalized spacial score (nSPS) is 13.0. The third-order valence-corrected chi connectivity index (χ3v) is 4.53. The van der Waals surface area contributed by atoms with Gasteiger partial charge in [-0.3, -0.25) is 4.79 Å². The molecule has 25 heavy (non-hydrogen) atoms. The minimum atomic E-state index is -0.0669. The van der Waals surface area contributed by atoms with E-state index in [9.17, 15) is 9.59 Å². The van der Waals surface area contributed by atoms with E-state index in [2.05, 4.69) is 24.4 Å². The first-order valence-corrected chi connectivity index (χ1v) is 9.01. The highest BCUT2D eigenvalue weighted by Gasteiger charge is 2.11. The number of aldehydes is 1. The molecule has 1 amide bonds. The molecular weight excluding hydrogens is 310 g/mol. The molecule has 0 saturated carbocycles. The summed E-state index contributed by atoms with van der Waals surface area (Å²) in [4.78, 5) is 23.2. The topological polar surface area (TPSA) is 46.2 Å². The third-order valence-electron chi connectivity index (χ3n) is 4.53. The number of anilines is 1. The van der Waals surface area contributed by atoms with Crippen LogP contribution in [0.4, 0.5) is 5.69 Å². The van der Waals surface area contributed by atoms with Crippen LogP contribution in [0.15, 0.2) is 54.6 Å². The molecular formula is C22H27NO2. The summed E-state index contributed by atoms with van der Waals surface area (Å²) in [5.41, 5.74) is 3.09. The molecule has 2 unspecified atom stereocenters. The fraction of sp³-hybridized carbons (Fsp3) is 0.364. The fourth-order valence-electron chi connectivity index (χ4n) is 2.91. The van der Waals surface area contributed by atoms with Crippen molar-refractivity contribution in [3.05, 3.63) is 65.7 Å². The Morgan fingerprint density at radius 3 is 2.36 bits per heavy atom. The third kappa shape index (κ3) is 6.18. The van der Waals surface area contributed by atoms with Crippen LogP contribution in [-0.2, 0) is 16.0 Å². The lowest BCUT2D eigenvalue weighted by atomic mass is 9.97. The average Bonchev–Trinajstić information content (AvgIpc) is 2.63. The van der Waals surface area contributed by atoms with Gasteiger partial charge in [0, 0.05) is 18.0 Å². The lowest BCUT2D eigenvalue weighted by molar-refractivity contribution is -0.117. The Bertz CT molecular complexity index is 664. The zero-order valence-electron chi connectivity index (χ0n) is 15.1. The molecule has 0 aliphatic heterocycles. The number of nitrogens with one attached hydrogen (secondary N) is 1. The first-order chi connectivity index (χ1) is 12.1. The number of amides is 1. The predicted molar refractivity (Wildman–Crippen MR) is 103 cm³/mol. The van der Waals surface area contributed by atoms with Crippen LogP contribution in [0.3, 0.4) is 0 Å². The Hall–Kier alpha value is -2.42. The van der Waals surface area contributed by atoms with Gasteiger partial charge < -0.3 is 10.1 Å². The van der Waals surface area contributed by atoms with Crippen LogP contribution in [0.2, 0.25) is 0 Å². The molecule has 2 rings (SSSR count). The fourth-order valence-corrected chi connectivity index (χ4v) is 2.91.